The standard InChI is InChI=1S/C11H24N2/c1-4-13(10(3)9(2)12)11-7-5-6-8-11/h9-11H,4-8,12H2,1-3H3. The summed E-state index contributed by atoms with van der Waals surface area (Å²) in [7, 11) is 0. The molecule has 1 fully saturated rings. The first-order valence-corrected chi connectivity index (χ1v) is 5.68. The molecule has 13 heavy (non-hydrogen) atoms. The van der Waals surface area contributed by atoms with E-state index in [1.807, 2.05) is 0 Å². The summed E-state index contributed by atoms with van der Waals surface area (Å²) in [5, 5.41) is 0. The van der Waals surface area contributed by atoms with Crippen molar-refractivity contribution >= 4 is 0 Å². The van der Waals surface area contributed by atoms with Crippen molar-refractivity contribution in [2.45, 2.75) is 64.6 Å². The van der Waals surface area contributed by atoms with Crippen molar-refractivity contribution in [1.29, 1.82) is 0 Å². The van der Waals surface area contributed by atoms with E-state index in [1.165, 1.54) is 25.7 Å². The predicted molar refractivity (Wildman–Crippen MR) is 57.7 cm³/mol. The molecule has 0 aromatic rings. The first kappa shape index (κ1) is 11.0. The van der Waals surface area contributed by atoms with E-state index in [0.717, 1.165) is 12.6 Å². The zero-order valence-electron chi connectivity index (χ0n) is 9.29. The van der Waals surface area contributed by atoms with E-state index >= 15 is 0 Å². The van der Waals surface area contributed by atoms with Crippen LogP contribution >= 0.6 is 0 Å². The Bertz CT molecular complexity index is 137. The van der Waals surface area contributed by atoms with Crippen LogP contribution in [0.3, 0.4) is 0 Å². The summed E-state index contributed by atoms with van der Waals surface area (Å²) in [5.41, 5.74) is 5.94. The van der Waals surface area contributed by atoms with E-state index in [2.05, 4.69) is 25.7 Å². The zero-order valence-corrected chi connectivity index (χ0v) is 9.29. The van der Waals surface area contributed by atoms with Crippen LogP contribution in [0.5, 0.6) is 0 Å². The smallest absolute Gasteiger partial charge is 0.0219 e. The average Bonchev–Trinajstić information content (AvgIpc) is 2.58. The van der Waals surface area contributed by atoms with Gasteiger partial charge < -0.3 is 5.73 Å². The normalized spacial score (nSPS) is 23.8. The third-order valence-electron chi connectivity index (χ3n) is 3.44. The number of nitrogens with zero attached hydrogens (tertiary/aromatic N) is 1. The lowest BCUT2D eigenvalue weighted by molar-refractivity contribution is 0.138. The van der Waals surface area contributed by atoms with Crippen LogP contribution in [0.2, 0.25) is 0 Å². The fourth-order valence-electron chi connectivity index (χ4n) is 2.42. The quantitative estimate of drug-likeness (QED) is 0.724. The van der Waals surface area contributed by atoms with Gasteiger partial charge in [0.2, 0.25) is 0 Å². The lowest BCUT2D eigenvalue weighted by Crippen LogP contribution is -2.48. The Hall–Kier alpha value is -0.0800. The molecule has 0 aliphatic heterocycles. The minimum Gasteiger partial charge on any atom is -0.327 e. The van der Waals surface area contributed by atoms with Crippen LogP contribution in [0, 0.1) is 0 Å². The maximum absolute atomic E-state index is 5.94. The van der Waals surface area contributed by atoms with E-state index < -0.39 is 0 Å². The van der Waals surface area contributed by atoms with Gasteiger partial charge in [-0.05, 0) is 33.2 Å². The van der Waals surface area contributed by atoms with Gasteiger partial charge >= 0.3 is 0 Å². The van der Waals surface area contributed by atoms with E-state index in [-0.39, 0.29) is 0 Å². The summed E-state index contributed by atoms with van der Waals surface area (Å²) in [6.07, 6.45) is 5.58. The van der Waals surface area contributed by atoms with Gasteiger partial charge in [0.25, 0.3) is 0 Å². The summed E-state index contributed by atoms with van der Waals surface area (Å²) in [6, 6.07) is 1.64. The SMILES string of the molecule is CCN(C1CCCC1)C(C)C(C)N. The number of rotatable bonds is 4. The Labute approximate surface area is 82.5 Å². The van der Waals surface area contributed by atoms with Crippen LogP contribution in [-0.2, 0) is 0 Å². The Kier molecular flexibility index (Phi) is 4.20. The molecule has 0 aromatic carbocycles. The van der Waals surface area contributed by atoms with Gasteiger partial charge in [-0.1, -0.05) is 19.8 Å². The van der Waals surface area contributed by atoms with Crippen molar-refractivity contribution < 1.29 is 0 Å². The lowest BCUT2D eigenvalue weighted by Gasteiger charge is -2.35. The molecule has 2 N–H and O–H groups in total. The number of hydrogen-bond acceptors (Lipinski definition) is 2. The molecule has 78 valence electrons. The van der Waals surface area contributed by atoms with Crippen LogP contribution < -0.4 is 5.73 Å². The highest BCUT2D eigenvalue weighted by Gasteiger charge is 2.26. The molecule has 2 unspecified atom stereocenters. The number of nitrogens with two attached hydrogens (primary N) is 1. The summed E-state index contributed by atoms with van der Waals surface area (Å²) in [6.45, 7) is 7.76. The minimum absolute atomic E-state index is 0.292. The Morgan fingerprint density at radius 2 is 1.85 bits per heavy atom. The summed E-state index contributed by atoms with van der Waals surface area (Å²) in [5.74, 6) is 0. The van der Waals surface area contributed by atoms with Gasteiger partial charge in [0.1, 0.15) is 0 Å². The molecule has 0 saturated heterocycles. The van der Waals surface area contributed by atoms with E-state index in [9.17, 15) is 0 Å². The second-order valence-electron chi connectivity index (χ2n) is 4.37. The fourth-order valence-corrected chi connectivity index (χ4v) is 2.42. The second-order valence-corrected chi connectivity index (χ2v) is 4.37. The van der Waals surface area contributed by atoms with Crippen molar-refractivity contribution in [1.82, 2.24) is 4.90 Å². The molecule has 1 rings (SSSR count). The van der Waals surface area contributed by atoms with Crippen LogP contribution in [0.1, 0.15) is 46.5 Å². The maximum atomic E-state index is 5.94. The van der Waals surface area contributed by atoms with Crippen LogP contribution in [0.15, 0.2) is 0 Å². The Morgan fingerprint density at radius 3 is 2.23 bits per heavy atom. The van der Waals surface area contributed by atoms with Crippen molar-refractivity contribution in [3.63, 3.8) is 0 Å². The Morgan fingerprint density at radius 1 is 1.31 bits per heavy atom. The van der Waals surface area contributed by atoms with Crippen molar-refractivity contribution in [2.24, 2.45) is 5.73 Å². The molecule has 2 heteroatoms. The number of likely N-dealkylation sites (N-methyl/N-ethyl adjacent to an activating group) is 1. The predicted octanol–water partition coefficient (Wildman–Crippen LogP) is 1.99. The second kappa shape index (κ2) is 4.97. The lowest BCUT2D eigenvalue weighted by atomic mass is 10.1. The zero-order chi connectivity index (χ0) is 9.84. The highest BCUT2D eigenvalue weighted by molar-refractivity contribution is 4.83. The van der Waals surface area contributed by atoms with Crippen molar-refractivity contribution in [3.05, 3.63) is 0 Å². The highest BCUT2D eigenvalue weighted by Crippen LogP contribution is 2.25. The van der Waals surface area contributed by atoms with Gasteiger partial charge in [-0.25, -0.2) is 0 Å². The molecule has 2 nitrogen and oxygen atoms in total. The minimum atomic E-state index is 0.292. The van der Waals surface area contributed by atoms with E-state index in [4.69, 9.17) is 5.73 Å². The molecular formula is C11H24N2. The topological polar surface area (TPSA) is 29.3 Å². The van der Waals surface area contributed by atoms with E-state index in [0.29, 0.717) is 12.1 Å². The van der Waals surface area contributed by atoms with Crippen LogP contribution in [-0.4, -0.2) is 29.6 Å². The van der Waals surface area contributed by atoms with Gasteiger partial charge in [-0.15, -0.1) is 0 Å². The molecule has 1 saturated carbocycles. The van der Waals surface area contributed by atoms with Crippen LogP contribution in [0.4, 0.5) is 0 Å². The third-order valence-corrected chi connectivity index (χ3v) is 3.44. The molecular weight excluding hydrogens is 160 g/mol. The molecule has 0 bridgehead atoms. The highest BCUT2D eigenvalue weighted by atomic mass is 15.2. The summed E-state index contributed by atoms with van der Waals surface area (Å²) in [4.78, 5) is 2.58. The molecule has 0 aromatic heterocycles. The maximum Gasteiger partial charge on any atom is 0.0219 e. The molecule has 0 spiro atoms. The molecule has 0 amide bonds. The fraction of sp³-hybridized carbons (Fsp3) is 1.00. The molecule has 1 aliphatic rings. The monoisotopic (exact) mass is 184 g/mol. The van der Waals surface area contributed by atoms with Gasteiger partial charge in [0, 0.05) is 18.1 Å². The molecule has 0 heterocycles. The van der Waals surface area contributed by atoms with Crippen molar-refractivity contribution in [2.75, 3.05) is 6.54 Å². The van der Waals surface area contributed by atoms with Gasteiger partial charge in [-0.3, -0.25) is 4.90 Å². The first-order chi connectivity index (χ1) is 6.16. The first-order valence-electron chi connectivity index (χ1n) is 5.68. The summed E-state index contributed by atoms with van der Waals surface area (Å²) < 4.78 is 0. The van der Waals surface area contributed by atoms with Crippen LogP contribution in [0.25, 0.3) is 0 Å². The average molecular weight is 184 g/mol. The molecule has 2 atom stereocenters. The summed E-state index contributed by atoms with van der Waals surface area (Å²) >= 11 is 0. The van der Waals surface area contributed by atoms with Gasteiger partial charge in [0.05, 0.1) is 0 Å². The largest absolute Gasteiger partial charge is 0.327 e. The molecule has 0 radical (unpaired) electrons. The van der Waals surface area contributed by atoms with Gasteiger partial charge in [-0.2, -0.15) is 0 Å². The van der Waals surface area contributed by atoms with Crippen molar-refractivity contribution in [3.8, 4) is 0 Å². The number of hydrogen-bond donors (Lipinski definition) is 1. The Balaban J connectivity index is 2.49. The van der Waals surface area contributed by atoms with Gasteiger partial charge in [0.15, 0.2) is 0 Å². The van der Waals surface area contributed by atoms with E-state index in [1.54, 1.807) is 0 Å². The third kappa shape index (κ3) is 2.68. The molecule has 1 aliphatic carbocycles.